The lowest BCUT2D eigenvalue weighted by molar-refractivity contribution is -0.0500. The molecule has 0 fully saturated rings. The Hall–Kier alpha value is -1.35. The molecular formula is C19H18Cl3F3O4S. The quantitative estimate of drug-likeness (QED) is 0.177. The molecule has 30 heavy (non-hydrogen) atoms. The summed E-state index contributed by atoms with van der Waals surface area (Å²) in [6, 6.07) is 8.59. The molecule has 0 heterocycles. The Labute approximate surface area is 188 Å². The number of hydrogen-bond donors (Lipinski definition) is 0. The summed E-state index contributed by atoms with van der Waals surface area (Å²) in [6.45, 7) is 4.06. The van der Waals surface area contributed by atoms with Crippen molar-refractivity contribution in [1.82, 2.24) is 0 Å². The summed E-state index contributed by atoms with van der Waals surface area (Å²) in [7, 11) is -5.73. The molecule has 2 aromatic rings. The maximum atomic E-state index is 12.5. The molecule has 0 radical (unpaired) electrons. The van der Waals surface area contributed by atoms with Crippen LogP contribution in [0.2, 0.25) is 10.0 Å². The van der Waals surface area contributed by atoms with Gasteiger partial charge in [-0.25, -0.2) is 0 Å². The highest BCUT2D eigenvalue weighted by atomic mass is 35.5. The van der Waals surface area contributed by atoms with Crippen LogP contribution in [0.4, 0.5) is 13.2 Å². The van der Waals surface area contributed by atoms with Crippen LogP contribution in [0.25, 0.3) is 0 Å². The Morgan fingerprint density at radius 1 is 0.967 bits per heavy atom. The van der Waals surface area contributed by atoms with Crippen molar-refractivity contribution in [2.75, 3.05) is 12.5 Å². The molecule has 0 aromatic heterocycles. The maximum absolute atomic E-state index is 12.5. The van der Waals surface area contributed by atoms with Crippen LogP contribution in [-0.4, -0.2) is 26.4 Å². The predicted molar refractivity (Wildman–Crippen MR) is 111 cm³/mol. The highest BCUT2D eigenvalue weighted by Gasteiger charge is 2.48. The second kappa shape index (κ2) is 9.42. The Balaban J connectivity index is 2.29. The van der Waals surface area contributed by atoms with Crippen molar-refractivity contribution in [3.63, 3.8) is 0 Å². The first-order valence-corrected chi connectivity index (χ1v) is 11.3. The van der Waals surface area contributed by atoms with E-state index in [1.54, 1.807) is 12.1 Å². The standard InChI is InChI=1S/C19H18Cl3F3O4S/c1-18(2,13-10-15(21)17(16(22)11-13)28-9-3-8-20)12-4-6-14(7-5-12)29-30(26,27)19(23,24)25/h4-7,10-11H,3,8-9H2,1-2H3. The molecule has 0 atom stereocenters. The van der Waals surface area contributed by atoms with Gasteiger partial charge in [0.1, 0.15) is 5.75 Å². The molecule has 0 bridgehead atoms. The summed E-state index contributed by atoms with van der Waals surface area (Å²) < 4.78 is 69.3. The van der Waals surface area contributed by atoms with Crippen molar-refractivity contribution >= 4 is 44.9 Å². The minimum Gasteiger partial charge on any atom is -0.490 e. The number of halogens is 6. The minimum absolute atomic E-state index is 0.302. The van der Waals surface area contributed by atoms with Gasteiger partial charge in [-0.2, -0.15) is 21.6 Å². The average Bonchev–Trinajstić information content (AvgIpc) is 2.63. The van der Waals surface area contributed by atoms with Gasteiger partial charge in [0.05, 0.1) is 16.7 Å². The van der Waals surface area contributed by atoms with E-state index in [4.69, 9.17) is 39.5 Å². The van der Waals surface area contributed by atoms with Gasteiger partial charge < -0.3 is 8.92 Å². The molecule has 0 saturated carbocycles. The lowest BCUT2D eigenvalue weighted by atomic mass is 9.78. The molecule has 11 heteroatoms. The van der Waals surface area contributed by atoms with Crippen LogP contribution < -0.4 is 8.92 Å². The smallest absolute Gasteiger partial charge is 0.490 e. The summed E-state index contributed by atoms with van der Waals surface area (Å²) in [5, 5.41) is 0.604. The highest BCUT2D eigenvalue weighted by Crippen LogP contribution is 2.41. The molecular weight excluding hydrogens is 488 g/mol. The average molecular weight is 506 g/mol. The van der Waals surface area contributed by atoms with Gasteiger partial charge in [-0.3, -0.25) is 0 Å². The van der Waals surface area contributed by atoms with Crippen LogP contribution in [-0.2, 0) is 15.5 Å². The summed E-state index contributed by atoms with van der Waals surface area (Å²) in [5.41, 5.74) is -4.78. The molecule has 0 unspecified atom stereocenters. The van der Waals surface area contributed by atoms with Gasteiger partial charge in [-0.15, -0.1) is 11.6 Å². The molecule has 0 aliphatic heterocycles. The van der Waals surface area contributed by atoms with E-state index in [0.717, 1.165) is 17.7 Å². The van der Waals surface area contributed by atoms with E-state index in [-0.39, 0.29) is 0 Å². The number of benzene rings is 2. The Bertz CT molecular complexity index is 968. The maximum Gasteiger partial charge on any atom is 0.534 e. The van der Waals surface area contributed by atoms with E-state index >= 15 is 0 Å². The number of alkyl halides is 4. The lowest BCUT2D eigenvalue weighted by Gasteiger charge is -2.27. The van der Waals surface area contributed by atoms with Crippen molar-refractivity contribution in [2.45, 2.75) is 31.2 Å². The van der Waals surface area contributed by atoms with Gasteiger partial charge in [0.25, 0.3) is 0 Å². The molecule has 2 rings (SSSR count). The zero-order valence-electron chi connectivity index (χ0n) is 15.9. The van der Waals surface area contributed by atoms with Crippen molar-refractivity contribution in [3.05, 3.63) is 57.6 Å². The highest BCUT2D eigenvalue weighted by molar-refractivity contribution is 7.88. The zero-order chi connectivity index (χ0) is 22.7. The molecule has 0 N–H and O–H groups in total. The first kappa shape index (κ1) is 24.9. The molecule has 166 valence electrons. The topological polar surface area (TPSA) is 52.6 Å². The first-order chi connectivity index (χ1) is 13.8. The fraction of sp³-hybridized carbons (Fsp3) is 0.368. The number of hydrogen-bond acceptors (Lipinski definition) is 4. The van der Waals surface area contributed by atoms with Crippen molar-refractivity contribution in [3.8, 4) is 11.5 Å². The molecule has 0 spiro atoms. The lowest BCUT2D eigenvalue weighted by Crippen LogP contribution is -2.28. The second-order valence-corrected chi connectivity index (χ2v) is 9.52. The van der Waals surface area contributed by atoms with E-state index in [9.17, 15) is 21.6 Å². The monoisotopic (exact) mass is 504 g/mol. The normalized spacial score (nSPS) is 12.7. The van der Waals surface area contributed by atoms with Crippen molar-refractivity contribution in [1.29, 1.82) is 0 Å². The third-order valence-corrected chi connectivity index (χ3v) is 6.12. The minimum atomic E-state index is -5.73. The van der Waals surface area contributed by atoms with Crippen LogP contribution in [0.15, 0.2) is 36.4 Å². The predicted octanol–water partition coefficient (Wildman–Crippen LogP) is 6.56. The number of rotatable bonds is 8. The Morgan fingerprint density at radius 2 is 1.50 bits per heavy atom. The number of ether oxygens (including phenoxy) is 1. The summed E-state index contributed by atoms with van der Waals surface area (Å²) >= 11 is 18.2. The summed E-state index contributed by atoms with van der Waals surface area (Å²) in [6.07, 6.45) is 0.625. The van der Waals surface area contributed by atoms with E-state index < -0.39 is 26.8 Å². The van der Waals surface area contributed by atoms with Crippen LogP contribution in [0.5, 0.6) is 11.5 Å². The van der Waals surface area contributed by atoms with Gasteiger partial charge >= 0.3 is 15.6 Å². The first-order valence-electron chi connectivity index (χ1n) is 8.59. The van der Waals surface area contributed by atoms with Crippen molar-refractivity contribution in [2.24, 2.45) is 0 Å². The fourth-order valence-corrected chi connectivity index (χ4v) is 3.72. The zero-order valence-corrected chi connectivity index (χ0v) is 19.0. The van der Waals surface area contributed by atoms with E-state index in [1.807, 2.05) is 13.8 Å². The molecule has 0 amide bonds. The third kappa shape index (κ3) is 5.66. The van der Waals surface area contributed by atoms with E-state index in [0.29, 0.717) is 40.3 Å². The molecule has 0 aliphatic rings. The van der Waals surface area contributed by atoms with Crippen LogP contribution in [0, 0.1) is 0 Å². The van der Waals surface area contributed by atoms with Crippen LogP contribution in [0.1, 0.15) is 31.4 Å². The fourth-order valence-electron chi connectivity index (χ4n) is 2.56. The Morgan fingerprint density at radius 3 is 1.97 bits per heavy atom. The van der Waals surface area contributed by atoms with E-state index in [2.05, 4.69) is 4.18 Å². The summed E-state index contributed by atoms with van der Waals surface area (Å²) in [5.74, 6) is 0.319. The summed E-state index contributed by atoms with van der Waals surface area (Å²) in [4.78, 5) is 0. The Kier molecular flexibility index (Phi) is 7.83. The SMILES string of the molecule is CC(C)(c1ccc(OS(=O)(=O)C(F)(F)F)cc1)c1cc(Cl)c(OCCCCl)c(Cl)c1. The van der Waals surface area contributed by atoms with Crippen LogP contribution in [0.3, 0.4) is 0 Å². The van der Waals surface area contributed by atoms with Crippen molar-refractivity contribution < 1.29 is 30.5 Å². The molecule has 4 nitrogen and oxygen atoms in total. The van der Waals surface area contributed by atoms with E-state index in [1.165, 1.54) is 12.1 Å². The van der Waals surface area contributed by atoms with Gasteiger partial charge in [-0.05, 0) is 41.8 Å². The second-order valence-electron chi connectivity index (χ2n) is 6.79. The molecule has 2 aromatic carbocycles. The molecule has 0 saturated heterocycles. The van der Waals surface area contributed by atoms with Gasteiger partial charge in [0.2, 0.25) is 0 Å². The van der Waals surface area contributed by atoms with Gasteiger partial charge in [0.15, 0.2) is 5.75 Å². The van der Waals surface area contributed by atoms with Gasteiger partial charge in [-0.1, -0.05) is 49.2 Å². The largest absolute Gasteiger partial charge is 0.534 e. The molecule has 0 aliphatic carbocycles. The van der Waals surface area contributed by atoms with Crippen LogP contribution >= 0.6 is 34.8 Å². The van der Waals surface area contributed by atoms with Gasteiger partial charge in [0, 0.05) is 11.3 Å². The third-order valence-electron chi connectivity index (χ3n) is 4.31.